The molecule has 0 unspecified atom stereocenters. The lowest BCUT2D eigenvalue weighted by molar-refractivity contribution is -0.144. The standard InChI is InChI=1S/C49H66ClN11O6S2/c1-29(31-15-17-32(18-16-31)42-30(2)55-28-68-42)56-45(66)35-24-33(62)27-61(35)47(67)43(48(3,4)5)59-38(63)14-9-7-8-10-21-53-39(64)25-40(65)57-34-12-11-13-36(41(34)50)69-46-44(51)58-37(26-54-46)60-22-19-49(6,52)20-23-60/h11-13,15-18,26,28-29,33,35,43,62H,7-10,14,19-25,27,52H2,1-6H3,(H2,51,58)(H,53,64)(H,56,66)(H,57,65)(H,59,63)/t29-,33+,35-,43+/m1/s1. The van der Waals surface area contributed by atoms with Crippen LogP contribution in [0.5, 0.6) is 0 Å². The van der Waals surface area contributed by atoms with Gasteiger partial charge in [-0.05, 0) is 75.1 Å². The molecule has 6 rings (SSSR count). The number of benzene rings is 2. The van der Waals surface area contributed by atoms with Crippen molar-refractivity contribution in [3.63, 3.8) is 0 Å². The number of amides is 5. The summed E-state index contributed by atoms with van der Waals surface area (Å²) < 4.78 is 0. The third kappa shape index (κ3) is 14.6. The molecule has 2 saturated heterocycles. The van der Waals surface area contributed by atoms with Gasteiger partial charge in [0, 0.05) is 49.5 Å². The highest BCUT2D eigenvalue weighted by Crippen LogP contribution is 2.39. The second kappa shape index (κ2) is 23.5. The highest BCUT2D eigenvalue weighted by atomic mass is 35.5. The fraction of sp³-hybridized carbons (Fsp3) is 0.510. The average molecular weight is 1000 g/mol. The Morgan fingerprint density at radius 3 is 2.36 bits per heavy atom. The number of aromatic nitrogens is 3. The molecule has 4 heterocycles. The van der Waals surface area contributed by atoms with Crippen molar-refractivity contribution in [3.8, 4) is 10.4 Å². The van der Waals surface area contributed by atoms with Crippen LogP contribution in [0.15, 0.2) is 64.1 Å². The van der Waals surface area contributed by atoms with Gasteiger partial charge in [0.05, 0.1) is 45.1 Å². The summed E-state index contributed by atoms with van der Waals surface area (Å²) in [5.41, 5.74) is 16.7. The number of piperidine rings is 1. The fourth-order valence-corrected chi connectivity index (χ4v) is 10.2. The first kappa shape index (κ1) is 53.0. The van der Waals surface area contributed by atoms with Gasteiger partial charge in [-0.25, -0.2) is 15.0 Å². The minimum Gasteiger partial charge on any atom is -0.391 e. The van der Waals surface area contributed by atoms with Gasteiger partial charge in [-0.3, -0.25) is 24.0 Å². The van der Waals surface area contributed by atoms with Crippen molar-refractivity contribution in [1.29, 1.82) is 0 Å². The Bertz CT molecular complexity index is 2450. The summed E-state index contributed by atoms with van der Waals surface area (Å²) in [6.07, 6.45) is 4.97. The number of thiazole rings is 1. The highest BCUT2D eigenvalue weighted by molar-refractivity contribution is 7.99. The summed E-state index contributed by atoms with van der Waals surface area (Å²) in [6.45, 7) is 13.3. The van der Waals surface area contributed by atoms with Crippen molar-refractivity contribution in [1.82, 2.24) is 35.8 Å². The van der Waals surface area contributed by atoms with Crippen molar-refractivity contribution in [2.45, 2.75) is 139 Å². The molecule has 0 aliphatic carbocycles. The number of hydrogen-bond acceptors (Lipinski definition) is 14. The number of hydrogen-bond donors (Lipinski definition) is 7. The average Bonchev–Trinajstić information content (AvgIpc) is 3.91. The number of rotatable bonds is 19. The number of unbranched alkanes of at least 4 members (excludes halogenated alkanes) is 3. The van der Waals surface area contributed by atoms with Crippen LogP contribution in [0, 0.1) is 12.3 Å². The summed E-state index contributed by atoms with van der Waals surface area (Å²) in [7, 11) is 0. The van der Waals surface area contributed by atoms with E-state index in [2.05, 4.69) is 41.1 Å². The summed E-state index contributed by atoms with van der Waals surface area (Å²) in [4.78, 5) is 85.0. The number of carbonyl (C=O) groups is 5. The Kier molecular flexibility index (Phi) is 18.1. The molecule has 4 atom stereocenters. The maximum absolute atomic E-state index is 14.1. The molecule has 5 amide bonds. The van der Waals surface area contributed by atoms with Crippen molar-refractivity contribution in [2.24, 2.45) is 11.1 Å². The van der Waals surface area contributed by atoms with Crippen LogP contribution in [-0.4, -0.2) is 104 Å². The minimum absolute atomic E-state index is 0.0160. The number of nitrogens with one attached hydrogen (secondary N) is 4. The van der Waals surface area contributed by atoms with E-state index in [0.29, 0.717) is 47.2 Å². The first-order valence-electron chi connectivity index (χ1n) is 23.5. The SMILES string of the molecule is Cc1ncsc1-c1ccc([C@@H](C)NC(=O)[C@H]2C[C@H](O)CN2C(=O)[C@H](NC(=O)CCCCCCNC(=O)CC(=O)Nc2cccc(Sc3ncc(N4CCC(C)(N)CC4)nc3N)c2Cl)C(C)(C)C)cc1. The molecule has 69 heavy (non-hydrogen) atoms. The summed E-state index contributed by atoms with van der Waals surface area (Å²) in [6, 6.07) is 10.9. The minimum atomic E-state index is -0.927. The number of aliphatic hydroxyl groups excluding tert-OH is 1. The normalized spacial score (nSPS) is 17.8. The van der Waals surface area contributed by atoms with Crippen LogP contribution in [0.25, 0.3) is 10.4 Å². The van der Waals surface area contributed by atoms with E-state index in [-0.39, 0.29) is 53.6 Å². The zero-order valence-corrected chi connectivity index (χ0v) is 42.7. The maximum Gasteiger partial charge on any atom is 0.246 e. The Morgan fingerprint density at radius 1 is 0.986 bits per heavy atom. The van der Waals surface area contributed by atoms with Crippen LogP contribution in [0.4, 0.5) is 17.3 Å². The third-order valence-corrected chi connectivity index (χ3v) is 15.0. The van der Waals surface area contributed by atoms with E-state index in [9.17, 15) is 29.1 Å². The Hall–Kier alpha value is -5.34. The zero-order valence-electron chi connectivity index (χ0n) is 40.3. The maximum atomic E-state index is 14.1. The number of nitrogen functional groups attached to an aromatic ring is 1. The third-order valence-electron chi connectivity index (χ3n) is 12.5. The van der Waals surface area contributed by atoms with Crippen LogP contribution in [-0.2, 0) is 24.0 Å². The molecule has 372 valence electrons. The molecule has 0 radical (unpaired) electrons. The Labute approximate surface area is 417 Å². The second-order valence-corrected chi connectivity index (χ2v) is 21.7. The molecule has 17 nitrogen and oxygen atoms in total. The number of halogens is 1. The smallest absolute Gasteiger partial charge is 0.246 e. The van der Waals surface area contributed by atoms with Gasteiger partial charge in [0.1, 0.15) is 29.3 Å². The number of aryl methyl sites for hydroxylation is 1. The van der Waals surface area contributed by atoms with Crippen molar-refractivity contribution in [2.75, 3.05) is 42.1 Å². The lowest BCUT2D eigenvalue weighted by atomic mass is 9.85. The van der Waals surface area contributed by atoms with Crippen LogP contribution < -0.4 is 37.6 Å². The van der Waals surface area contributed by atoms with E-state index in [0.717, 1.165) is 54.0 Å². The van der Waals surface area contributed by atoms with Crippen LogP contribution in [0.3, 0.4) is 0 Å². The molecule has 0 saturated carbocycles. The molecular weight excluding hydrogens is 938 g/mol. The summed E-state index contributed by atoms with van der Waals surface area (Å²) in [5.74, 6) is -1.10. The quantitative estimate of drug-likeness (QED) is 0.0399. The second-order valence-electron chi connectivity index (χ2n) is 19.4. The van der Waals surface area contributed by atoms with E-state index < -0.39 is 47.7 Å². The zero-order chi connectivity index (χ0) is 50.0. The van der Waals surface area contributed by atoms with E-state index in [1.807, 2.05) is 71.3 Å². The molecular formula is C49H66ClN11O6S2. The van der Waals surface area contributed by atoms with Gasteiger partial charge in [0.15, 0.2) is 5.82 Å². The molecule has 2 aliphatic rings. The largest absolute Gasteiger partial charge is 0.391 e. The van der Waals surface area contributed by atoms with Gasteiger partial charge < -0.3 is 47.6 Å². The van der Waals surface area contributed by atoms with E-state index in [4.69, 9.17) is 23.1 Å². The van der Waals surface area contributed by atoms with Crippen LogP contribution >= 0.6 is 34.7 Å². The molecule has 4 aromatic rings. The van der Waals surface area contributed by atoms with E-state index in [1.54, 1.807) is 35.7 Å². The summed E-state index contributed by atoms with van der Waals surface area (Å²) in [5, 5.41) is 22.8. The van der Waals surface area contributed by atoms with E-state index in [1.165, 1.54) is 16.7 Å². The number of anilines is 3. The molecule has 0 spiro atoms. The molecule has 9 N–H and O–H groups in total. The van der Waals surface area contributed by atoms with E-state index >= 15 is 0 Å². The van der Waals surface area contributed by atoms with Crippen molar-refractivity contribution in [3.05, 3.63) is 70.5 Å². The van der Waals surface area contributed by atoms with Gasteiger partial charge in [-0.15, -0.1) is 11.3 Å². The number of likely N-dealkylation sites (tertiary alicyclic amines) is 1. The lowest BCUT2D eigenvalue weighted by Gasteiger charge is -2.37. The number of carbonyl (C=O) groups excluding carboxylic acids is 5. The summed E-state index contributed by atoms with van der Waals surface area (Å²) >= 11 is 9.47. The predicted octanol–water partition coefficient (Wildman–Crippen LogP) is 6.38. The van der Waals surface area contributed by atoms with Gasteiger partial charge >= 0.3 is 0 Å². The van der Waals surface area contributed by atoms with Gasteiger partial charge in [-0.2, -0.15) is 0 Å². The molecule has 2 aromatic heterocycles. The number of aliphatic hydroxyl groups is 1. The van der Waals surface area contributed by atoms with Crippen LogP contribution in [0.2, 0.25) is 5.02 Å². The highest BCUT2D eigenvalue weighted by Gasteiger charge is 2.44. The Morgan fingerprint density at radius 2 is 1.70 bits per heavy atom. The topological polar surface area (TPSA) is 251 Å². The molecule has 20 heteroatoms. The molecule has 0 bridgehead atoms. The number of nitrogens with two attached hydrogens (primary N) is 2. The molecule has 2 fully saturated rings. The van der Waals surface area contributed by atoms with Crippen molar-refractivity contribution >= 4 is 81.6 Å². The van der Waals surface area contributed by atoms with Gasteiger partial charge in [0.25, 0.3) is 0 Å². The number of nitrogens with zero attached hydrogens (tertiary/aromatic N) is 5. The molecule has 2 aliphatic heterocycles. The molecule has 2 aromatic carbocycles. The lowest BCUT2D eigenvalue weighted by Crippen LogP contribution is -2.57. The van der Waals surface area contributed by atoms with Crippen LogP contribution in [0.1, 0.15) is 110 Å². The van der Waals surface area contributed by atoms with Crippen molar-refractivity contribution < 1.29 is 29.1 Å². The first-order chi connectivity index (χ1) is 32.7. The first-order valence-corrected chi connectivity index (χ1v) is 25.5. The number of β-amino-alcohol motifs (C(OH)–C–C–N with tert-alkyl or cyclic N) is 1. The predicted molar refractivity (Wildman–Crippen MR) is 272 cm³/mol. The monoisotopic (exact) mass is 1000 g/mol. The Balaban J connectivity index is 0.888. The fourth-order valence-electron chi connectivity index (χ4n) is 8.29. The van der Waals surface area contributed by atoms with Gasteiger partial charge in [0.2, 0.25) is 29.5 Å². The van der Waals surface area contributed by atoms with Gasteiger partial charge in [-0.1, -0.05) is 87.3 Å².